The number of nitrogens with one attached hydrogen (secondary N) is 2. The second-order valence-electron chi connectivity index (χ2n) is 4.23. The molecule has 0 bridgehead atoms. The largest absolute Gasteiger partial charge is 0.334 e. The number of hydrogen-bond acceptors (Lipinski definition) is 6. The highest BCUT2D eigenvalue weighted by Gasteiger charge is 2.19. The Morgan fingerprint density at radius 3 is 2.76 bits per heavy atom. The van der Waals surface area contributed by atoms with Crippen LogP contribution in [0.1, 0.15) is 5.82 Å². The third-order valence-corrected chi connectivity index (χ3v) is 4.05. The normalized spacial score (nSPS) is 11.5. The van der Waals surface area contributed by atoms with Gasteiger partial charge in [-0.15, -0.1) is 0 Å². The van der Waals surface area contributed by atoms with E-state index in [4.69, 9.17) is 4.52 Å². The van der Waals surface area contributed by atoms with E-state index < -0.39 is 10.0 Å². The molecule has 0 radical (unpaired) electrons. The molecule has 2 heterocycles. The second-order valence-corrected chi connectivity index (χ2v) is 5.91. The number of anilines is 1. The molecule has 0 atom stereocenters. The van der Waals surface area contributed by atoms with E-state index in [0.29, 0.717) is 17.1 Å². The molecule has 2 aromatic heterocycles. The van der Waals surface area contributed by atoms with Crippen LogP contribution in [0.25, 0.3) is 11.5 Å². The summed E-state index contributed by atoms with van der Waals surface area (Å²) < 4.78 is 32.0. The third kappa shape index (κ3) is 2.63. The van der Waals surface area contributed by atoms with E-state index >= 15 is 0 Å². The summed E-state index contributed by atoms with van der Waals surface area (Å²) in [4.78, 5) is 4.14. The molecule has 8 nitrogen and oxygen atoms in total. The lowest BCUT2D eigenvalue weighted by atomic mass is 10.2. The minimum absolute atomic E-state index is 0.0408. The minimum Gasteiger partial charge on any atom is -0.334 e. The zero-order valence-electron chi connectivity index (χ0n) is 10.9. The molecule has 2 N–H and O–H groups in total. The van der Waals surface area contributed by atoms with Crippen LogP contribution in [-0.2, 0) is 10.0 Å². The molecule has 108 valence electrons. The molecule has 0 fully saturated rings. The Kier molecular flexibility index (Phi) is 3.18. The Morgan fingerprint density at radius 1 is 1.29 bits per heavy atom. The van der Waals surface area contributed by atoms with Crippen molar-refractivity contribution in [3.63, 3.8) is 0 Å². The van der Waals surface area contributed by atoms with Crippen LogP contribution in [0.3, 0.4) is 0 Å². The van der Waals surface area contributed by atoms with Gasteiger partial charge in [-0.3, -0.25) is 9.82 Å². The predicted molar refractivity (Wildman–Crippen MR) is 73.9 cm³/mol. The molecule has 0 aliphatic rings. The molecule has 0 aliphatic heterocycles. The van der Waals surface area contributed by atoms with Gasteiger partial charge in [-0.05, 0) is 19.1 Å². The summed E-state index contributed by atoms with van der Waals surface area (Å²) in [5.74, 6) is 0.718. The number of benzene rings is 1. The van der Waals surface area contributed by atoms with E-state index in [2.05, 4.69) is 25.1 Å². The zero-order valence-corrected chi connectivity index (χ0v) is 11.8. The van der Waals surface area contributed by atoms with Gasteiger partial charge in [-0.2, -0.15) is 10.1 Å². The summed E-state index contributed by atoms with van der Waals surface area (Å²) in [7, 11) is -3.73. The lowest BCUT2D eigenvalue weighted by Crippen LogP contribution is -2.12. The van der Waals surface area contributed by atoms with Crippen molar-refractivity contribution >= 4 is 15.7 Å². The summed E-state index contributed by atoms with van der Waals surface area (Å²) >= 11 is 0. The first-order valence-corrected chi connectivity index (χ1v) is 7.46. The molecule has 0 unspecified atom stereocenters. The molecule has 0 saturated carbocycles. The highest BCUT2D eigenvalue weighted by Crippen LogP contribution is 2.28. The minimum atomic E-state index is -3.73. The Balaban J connectivity index is 2.01. The molecular formula is C12H11N5O3S. The first kappa shape index (κ1) is 13.3. The summed E-state index contributed by atoms with van der Waals surface area (Å²) in [5.41, 5.74) is 0.854. The second kappa shape index (κ2) is 5.02. The molecule has 1 aromatic carbocycles. The summed E-state index contributed by atoms with van der Waals surface area (Å²) in [5, 5.41) is 9.79. The molecule has 3 aromatic rings. The van der Waals surface area contributed by atoms with Crippen molar-refractivity contribution in [2.24, 2.45) is 0 Å². The van der Waals surface area contributed by atoms with Gasteiger partial charge in [-0.25, -0.2) is 8.42 Å². The van der Waals surface area contributed by atoms with Crippen molar-refractivity contribution in [2.45, 2.75) is 11.8 Å². The lowest BCUT2D eigenvalue weighted by molar-refractivity contribution is 0.426. The maximum Gasteiger partial charge on any atom is 0.265 e. The maximum atomic E-state index is 12.2. The van der Waals surface area contributed by atoms with E-state index in [1.54, 1.807) is 31.2 Å². The van der Waals surface area contributed by atoms with Gasteiger partial charge in [0.2, 0.25) is 0 Å². The van der Waals surface area contributed by atoms with Gasteiger partial charge in [0.25, 0.3) is 15.9 Å². The monoisotopic (exact) mass is 305 g/mol. The first-order chi connectivity index (χ1) is 10.1. The highest BCUT2D eigenvalue weighted by atomic mass is 32.2. The average molecular weight is 305 g/mol. The molecule has 0 amide bonds. The number of H-pyrrole nitrogens is 1. The van der Waals surface area contributed by atoms with Crippen LogP contribution in [0.4, 0.5) is 5.69 Å². The molecule has 9 heteroatoms. The Labute approximate surface area is 120 Å². The fourth-order valence-corrected chi connectivity index (χ4v) is 2.74. The van der Waals surface area contributed by atoms with Crippen molar-refractivity contribution in [1.82, 2.24) is 20.3 Å². The quantitative estimate of drug-likeness (QED) is 0.756. The van der Waals surface area contributed by atoms with E-state index in [9.17, 15) is 8.42 Å². The molecule has 21 heavy (non-hydrogen) atoms. The SMILES string of the molecule is Cc1noc(-c2ccccc2NS(=O)(=O)c2cn[nH]c2)n1. The van der Waals surface area contributed by atoms with Crippen molar-refractivity contribution in [2.75, 3.05) is 4.72 Å². The topological polar surface area (TPSA) is 114 Å². The van der Waals surface area contributed by atoms with Crippen LogP contribution < -0.4 is 4.72 Å². The molecule has 0 spiro atoms. The smallest absolute Gasteiger partial charge is 0.265 e. The van der Waals surface area contributed by atoms with Crippen LogP contribution in [0, 0.1) is 6.92 Å². The number of hydrogen-bond donors (Lipinski definition) is 2. The number of aromatic nitrogens is 4. The van der Waals surface area contributed by atoms with Gasteiger partial charge < -0.3 is 4.52 Å². The standard InChI is InChI=1S/C12H11N5O3S/c1-8-15-12(20-16-8)10-4-2-3-5-11(10)17-21(18,19)9-6-13-14-7-9/h2-7,17H,1H3,(H,13,14). The summed E-state index contributed by atoms with van der Waals surface area (Å²) in [6, 6.07) is 6.77. The Hall–Kier alpha value is -2.68. The molecule has 0 saturated heterocycles. The highest BCUT2D eigenvalue weighted by molar-refractivity contribution is 7.92. The van der Waals surface area contributed by atoms with Crippen LogP contribution in [0.2, 0.25) is 0 Å². The number of sulfonamides is 1. The van der Waals surface area contributed by atoms with E-state index in [1.807, 2.05) is 0 Å². The van der Waals surface area contributed by atoms with E-state index in [-0.39, 0.29) is 10.8 Å². The first-order valence-electron chi connectivity index (χ1n) is 5.97. The summed E-state index contributed by atoms with van der Waals surface area (Å²) in [6.07, 6.45) is 2.52. The third-order valence-electron chi connectivity index (χ3n) is 2.71. The average Bonchev–Trinajstić information content (AvgIpc) is 3.10. The van der Waals surface area contributed by atoms with Gasteiger partial charge in [0.05, 0.1) is 17.4 Å². The van der Waals surface area contributed by atoms with Gasteiger partial charge >= 0.3 is 0 Å². The summed E-state index contributed by atoms with van der Waals surface area (Å²) in [6.45, 7) is 1.69. The number of aryl methyl sites for hydroxylation is 1. The fraction of sp³-hybridized carbons (Fsp3) is 0.0833. The number of rotatable bonds is 4. The number of para-hydroxylation sites is 1. The zero-order chi connectivity index (χ0) is 14.9. The lowest BCUT2D eigenvalue weighted by Gasteiger charge is -2.08. The van der Waals surface area contributed by atoms with Gasteiger partial charge in [-0.1, -0.05) is 17.3 Å². The Bertz CT molecular complexity index is 855. The molecule has 3 rings (SSSR count). The van der Waals surface area contributed by atoms with E-state index in [0.717, 1.165) is 0 Å². The van der Waals surface area contributed by atoms with Crippen molar-refractivity contribution in [1.29, 1.82) is 0 Å². The fourth-order valence-electron chi connectivity index (χ4n) is 1.75. The Morgan fingerprint density at radius 2 is 2.10 bits per heavy atom. The van der Waals surface area contributed by atoms with E-state index in [1.165, 1.54) is 12.4 Å². The van der Waals surface area contributed by atoms with Gasteiger partial charge in [0.1, 0.15) is 4.90 Å². The van der Waals surface area contributed by atoms with Crippen LogP contribution in [0.15, 0.2) is 46.1 Å². The van der Waals surface area contributed by atoms with Gasteiger partial charge in [0.15, 0.2) is 5.82 Å². The van der Waals surface area contributed by atoms with Crippen LogP contribution in [-0.4, -0.2) is 28.8 Å². The van der Waals surface area contributed by atoms with Crippen molar-refractivity contribution in [3.05, 3.63) is 42.5 Å². The number of nitrogens with zero attached hydrogens (tertiary/aromatic N) is 3. The molecule has 0 aliphatic carbocycles. The van der Waals surface area contributed by atoms with Gasteiger partial charge in [0, 0.05) is 6.20 Å². The predicted octanol–water partition coefficient (Wildman–Crippen LogP) is 1.57. The van der Waals surface area contributed by atoms with Crippen molar-refractivity contribution < 1.29 is 12.9 Å². The van der Waals surface area contributed by atoms with Crippen LogP contribution >= 0.6 is 0 Å². The van der Waals surface area contributed by atoms with Crippen molar-refractivity contribution in [3.8, 4) is 11.5 Å². The number of aromatic amines is 1. The molecular weight excluding hydrogens is 294 g/mol. The maximum absolute atomic E-state index is 12.2. The van der Waals surface area contributed by atoms with Crippen LogP contribution in [0.5, 0.6) is 0 Å².